The van der Waals surface area contributed by atoms with Crippen LogP contribution >= 0.6 is 0 Å². The smallest absolute Gasteiger partial charge is 0.411 e. The van der Waals surface area contributed by atoms with E-state index in [-0.39, 0.29) is 23.8 Å². The fraction of sp³-hybridized carbons (Fsp3) is 0.231. The Morgan fingerprint density at radius 1 is 1.06 bits per heavy atom. The summed E-state index contributed by atoms with van der Waals surface area (Å²) in [6.45, 7) is 2.18. The minimum atomic E-state index is -0.599. The number of anilines is 2. The van der Waals surface area contributed by atoms with Crippen LogP contribution in [0.2, 0.25) is 0 Å². The second kappa shape index (κ2) is 9.42. The van der Waals surface area contributed by atoms with Gasteiger partial charge >= 0.3 is 6.09 Å². The highest BCUT2D eigenvalue weighted by Crippen LogP contribution is 2.51. The predicted octanol–water partition coefficient (Wildman–Crippen LogP) is 5.42. The molecule has 33 heavy (non-hydrogen) atoms. The number of amides is 2. The van der Waals surface area contributed by atoms with E-state index < -0.39 is 17.8 Å². The molecule has 1 aliphatic carbocycles. The highest BCUT2D eigenvalue weighted by molar-refractivity contribution is 6.04. The molecule has 170 valence electrons. The van der Waals surface area contributed by atoms with Crippen LogP contribution < -0.4 is 16.4 Å². The van der Waals surface area contributed by atoms with Crippen LogP contribution in [0.3, 0.4) is 0 Å². The van der Waals surface area contributed by atoms with Gasteiger partial charge < -0.3 is 15.8 Å². The molecule has 3 aromatic carbocycles. The maximum absolute atomic E-state index is 14.6. The molecule has 1 aliphatic rings. The lowest BCUT2D eigenvalue weighted by molar-refractivity contribution is 0.102. The van der Waals surface area contributed by atoms with E-state index in [1.54, 1.807) is 30.3 Å². The quantitative estimate of drug-likeness (QED) is 0.451. The van der Waals surface area contributed by atoms with Crippen LogP contribution in [-0.4, -0.2) is 17.5 Å². The second-order valence-corrected chi connectivity index (χ2v) is 8.30. The summed E-state index contributed by atoms with van der Waals surface area (Å²) in [5.41, 5.74) is 8.62. The molecule has 0 aromatic heterocycles. The standard InChI is InChI=1S/C26H26FN3O3/c1-2-26(28)15-21(26)19-10-13-23(22(27)14-19)30-24(31)18-8-11-20(12-9-18)29-25(32)33-16-17-6-4-3-5-7-17/h3-14,21H,2,15-16,28H2,1H3,(H,29,32)(H,30,31)/t21-,26+/m0/s1. The van der Waals surface area contributed by atoms with Gasteiger partial charge in [0.15, 0.2) is 0 Å². The monoisotopic (exact) mass is 447 g/mol. The molecule has 4 rings (SSSR count). The molecule has 0 radical (unpaired) electrons. The molecule has 7 heteroatoms. The van der Waals surface area contributed by atoms with Gasteiger partial charge in [-0.2, -0.15) is 0 Å². The fourth-order valence-electron chi connectivity index (χ4n) is 3.79. The molecule has 0 unspecified atom stereocenters. The lowest BCUT2D eigenvalue weighted by Gasteiger charge is -2.11. The van der Waals surface area contributed by atoms with Crippen molar-refractivity contribution in [1.82, 2.24) is 0 Å². The van der Waals surface area contributed by atoms with Crippen LogP contribution in [-0.2, 0) is 11.3 Å². The van der Waals surface area contributed by atoms with Gasteiger partial charge in [-0.1, -0.05) is 43.3 Å². The average molecular weight is 448 g/mol. The van der Waals surface area contributed by atoms with Crippen molar-refractivity contribution in [3.05, 3.63) is 95.3 Å². The third-order valence-corrected chi connectivity index (χ3v) is 6.03. The SMILES string of the molecule is CC[C@@]1(N)C[C@H]1c1ccc(NC(=O)c2ccc(NC(=O)OCc3ccccc3)cc2)c(F)c1. The Bertz CT molecular complexity index is 1150. The summed E-state index contributed by atoms with van der Waals surface area (Å²) in [4.78, 5) is 24.5. The summed E-state index contributed by atoms with van der Waals surface area (Å²) in [7, 11) is 0. The van der Waals surface area contributed by atoms with Gasteiger partial charge in [0, 0.05) is 22.7 Å². The lowest BCUT2D eigenvalue weighted by atomic mass is 10.0. The minimum Gasteiger partial charge on any atom is -0.444 e. The molecule has 2 amide bonds. The number of carbonyl (C=O) groups is 2. The van der Waals surface area contributed by atoms with E-state index in [1.165, 1.54) is 6.07 Å². The first-order valence-corrected chi connectivity index (χ1v) is 10.9. The number of nitrogens with one attached hydrogen (secondary N) is 2. The fourth-order valence-corrected chi connectivity index (χ4v) is 3.79. The van der Waals surface area contributed by atoms with Crippen LogP contribution in [0.15, 0.2) is 72.8 Å². The number of rotatable bonds is 7. The van der Waals surface area contributed by atoms with Gasteiger partial charge in [-0.05, 0) is 60.4 Å². The van der Waals surface area contributed by atoms with Crippen LogP contribution in [0.5, 0.6) is 0 Å². The molecule has 0 heterocycles. The van der Waals surface area contributed by atoms with Gasteiger partial charge in [0.2, 0.25) is 0 Å². The Kier molecular flexibility index (Phi) is 6.42. The van der Waals surface area contributed by atoms with Crippen molar-refractivity contribution in [1.29, 1.82) is 0 Å². The Morgan fingerprint density at radius 2 is 1.79 bits per heavy atom. The van der Waals surface area contributed by atoms with Crippen LogP contribution in [0, 0.1) is 5.82 Å². The number of hydrogen-bond donors (Lipinski definition) is 3. The molecule has 0 bridgehead atoms. The van der Waals surface area contributed by atoms with E-state index in [4.69, 9.17) is 10.5 Å². The maximum atomic E-state index is 14.6. The number of hydrogen-bond acceptors (Lipinski definition) is 4. The summed E-state index contributed by atoms with van der Waals surface area (Å²) >= 11 is 0. The number of carbonyl (C=O) groups excluding carboxylic acids is 2. The molecule has 0 saturated heterocycles. The molecular formula is C26H26FN3O3. The molecule has 0 aliphatic heterocycles. The molecule has 2 atom stereocenters. The van der Waals surface area contributed by atoms with Crippen molar-refractivity contribution in [3.8, 4) is 0 Å². The lowest BCUT2D eigenvalue weighted by Crippen LogP contribution is -2.22. The van der Waals surface area contributed by atoms with Crippen molar-refractivity contribution in [2.45, 2.75) is 37.8 Å². The normalized spacial score (nSPS) is 18.9. The Hall–Kier alpha value is -3.71. The molecule has 1 saturated carbocycles. The molecule has 1 fully saturated rings. The van der Waals surface area contributed by atoms with Crippen LogP contribution in [0.25, 0.3) is 0 Å². The van der Waals surface area contributed by atoms with Crippen molar-refractivity contribution in [3.63, 3.8) is 0 Å². The van der Waals surface area contributed by atoms with Crippen LogP contribution in [0.4, 0.5) is 20.6 Å². The number of halogens is 1. The Morgan fingerprint density at radius 3 is 2.42 bits per heavy atom. The third-order valence-electron chi connectivity index (χ3n) is 6.03. The third kappa shape index (κ3) is 5.38. The number of benzene rings is 3. The van der Waals surface area contributed by atoms with Gasteiger partial charge in [-0.3, -0.25) is 10.1 Å². The summed E-state index contributed by atoms with van der Waals surface area (Å²) < 4.78 is 19.7. The average Bonchev–Trinajstić information content (AvgIpc) is 3.52. The minimum absolute atomic E-state index is 0.107. The Labute approximate surface area is 192 Å². The van der Waals surface area contributed by atoms with E-state index in [0.717, 1.165) is 24.0 Å². The first-order chi connectivity index (χ1) is 15.9. The van der Waals surface area contributed by atoms with Gasteiger partial charge in [0.25, 0.3) is 5.91 Å². The summed E-state index contributed by atoms with van der Waals surface area (Å²) in [5.74, 6) is -0.792. The molecule has 0 spiro atoms. The number of nitrogens with two attached hydrogens (primary N) is 1. The Balaban J connectivity index is 1.31. The first-order valence-electron chi connectivity index (χ1n) is 10.9. The highest BCUT2D eigenvalue weighted by Gasteiger charge is 2.50. The highest BCUT2D eigenvalue weighted by atomic mass is 19.1. The van der Waals surface area contributed by atoms with Crippen LogP contribution in [0.1, 0.15) is 47.2 Å². The first kappa shape index (κ1) is 22.5. The molecule has 6 nitrogen and oxygen atoms in total. The zero-order valence-corrected chi connectivity index (χ0v) is 18.3. The molecule has 3 aromatic rings. The second-order valence-electron chi connectivity index (χ2n) is 8.30. The zero-order chi connectivity index (χ0) is 23.4. The molecular weight excluding hydrogens is 421 g/mol. The van der Waals surface area contributed by atoms with E-state index in [9.17, 15) is 14.0 Å². The van der Waals surface area contributed by atoms with Gasteiger partial charge in [0.1, 0.15) is 12.4 Å². The van der Waals surface area contributed by atoms with Gasteiger partial charge in [-0.25, -0.2) is 9.18 Å². The number of ether oxygens (including phenoxy) is 1. The summed E-state index contributed by atoms with van der Waals surface area (Å²) in [5, 5.41) is 5.20. The predicted molar refractivity (Wildman–Crippen MR) is 126 cm³/mol. The summed E-state index contributed by atoms with van der Waals surface area (Å²) in [6.07, 6.45) is 1.08. The maximum Gasteiger partial charge on any atom is 0.411 e. The van der Waals surface area contributed by atoms with E-state index in [2.05, 4.69) is 10.6 Å². The van der Waals surface area contributed by atoms with Crippen molar-refractivity contribution in [2.24, 2.45) is 5.73 Å². The summed E-state index contributed by atoms with van der Waals surface area (Å²) in [6, 6.07) is 20.4. The van der Waals surface area contributed by atoms with Gasteiger partial charge in [-0.15, -0.1) is 0 Å². The van der Waals surface area contributed by atoms with E-state index in [1.807, 2.05) is 43.3 Å². The van der Waals surface area contributed by atoms with Crippen molar-refractivity contribution >= 4 is 23.4 Å². The van der Waals surface area contributed by atoms with Crippen molar-refractivity contribution in [2.75, 3.05) is 10.6 Å². The topological polar surface area (TPSA) is 93.5 Å². The van der Waals surface area contributed by atoms with Crippen molar-refractivity contribution < 1.29 is 18.7 Å². The van der Waals surface area contributed by atoms with E-state index >= 15 is 0 Å². The largest absolute Gasteiger partial charge is 0.444 e. The van der Waals surface area contributed by atoms with Gasteiger partial charge in [0.05, 0.1) is 5.69 Å². The molecule has 4 N–H and O–H groups in total. The van der Waals surface area contributed by atoms with E-state index in [0.29, 0.717) is 11.3 Å². The zero-order valence-electron chi connectivity index (χ0n) is 18.3.